The van der Waals surface area contributed by atoms with Crippen LogP contribution in [0.15, 0.2) is 40.6 Å². The first-order valence-electron chi connectivity index (χ1n) is 9.73. The van der Waals surface area contributed by atoms with E-state index in [1.807, 2.05) is 55.7 Å². The largest absolute Gasteiger partial charge is 0.497 e. The minimum Gasteiger partial charge on any atom is -0.497 e. The third-order valence-electron chi connectivity index (χ3n) is 4.41. The number of hydrogen-bond acceptors (Lipinski definition) is 9. The molecule has 0 N–H and O–H groups in total. The average molecular weight is 460 g/mol. The monoisotopic (exact) mass is 459 g/mol. The van der Waals surface area contributed by atoms with Gasteiger partial charge >= 0.3 is 5.97 Å². The predicted molar refractivity (Wildman–Crippen MR) is 121 cm³/mol. The normalized spacial score (nSPS) is 11.9. The molecule has 0 aliphatic heterocycles. The van der Waals surface area contributed by atoms with Crippen molar-refractivity contribution in [2.75, 3.05) is 14.2 Å². The number of carbonyl (C=O) groups is 1. The van der Waals surface area contributed by atoms with Crippen LogP contribution in [0.1, 0.15) is 30.6 Å². The van der Waals surface area contributed by atoms with Crippen LogP contribution in [0, 0.1) is 13.8 Å². The number of hydrogen-bond donors (Lipinski definition) is 0. The fraction of sp³-hybridized carbons (Fsp3) is 0.381. The summed E-state index contributed by atoms with van der Waals surface area (Å²) in [7, 11) is 3.02. The summed E-state index contributed by atoms with van der Waals surface area (Å²) in [5.41, 5.74) is 2.73. The van der Waals surface area contributed by atoms with Crippen LogP contribution in [0.5, 0.6) is 5.75 Å². The van der Waals surface area contributed by atoms with E-state index in [-0.39, 0.29) is 11.2 Å². The molecule has 8 nitrogen and oxygen atoms in total. The van der Waals surface area contributed by atoms with Crippen LogP contribution >= 0.6 is 23.5 Å². The van der Waals surface area contributed by atoms with Crippen molar-refractivity contribution in [2.45, 2.75) is 48.5 Å². The Kier molecular flexibility index (Phi) is 7.91. The number of carbonyl (C=O) groups excluding carboxylic acids is 1. The Hall–Kier alpha value is -2.59. The van der Waals surface area contributed by atoms with Crippen molar-refractivity contribution in [3.8, 4) is 11.4 Å². The SMILES string of the molecule is CC[C@H](Sc1nnc(CSc2nc(C)cc(C)n2)n1-c1ccc(OC)cc1)C(=O)OC. The van der Waals surface area contributed by atoms with Crippen LogP contribution in [0.4, 0.5) is 0 Å². The van der Waals surface area contributed by atoms with Crippen molar-refractivity contribution in [2.24, 2.45) is 0 Å². The molecule has 1 aromatic carbocycles. The van der Waals surface area contributed by atoms with Gasteiger partial charge < -0.3 is 9.47 Å². The van der Waals surface area contributed by atoms with E-state index in [2.05, 4.69) is 20.2 Å². The molecule has 0 saturated heterocycles. The van der Waals surface area contributed by atoms with Gasteiger partial charge in [-0.05, 0) is 50.6 Å². The molecule has 0 aliphatic rings. The van der Waals surface area contributed by atoms with E-state index >= 15 is 0 Å². The number of rotatable bonds is 9. The van der Waals surface area contributed by atoms with E-state index in [0.717, 1.165) is 28.6 Å². The van der Waals surface area contributed by atoms with Crippen molar-refractivity contribution < 1.29 is 14.3 Å². The maximum absolute atomic E-state index is 12.1. The second-order valence-electron chi connectivity index (χ2n) is 6.69. The Labute approximate surface area is 190 Å². The van der Waals surface area contributed by atoms with Crippen molar-refractivity contribution in [1.82, 2.24) is 24.7 Å². The van der Waals surface area contributed by atoms with Crippen LogP contribution < -0.4 is 4.74 Å². The highest BCUT2D eigenvalue weighted by Gasteiger charge is 2.24. The maximum Gasteiger partial charge on any atom is 0.319 e. The molecule has 31 heavy (non-hydrogen) atoms. The maximum atomic E-state index is 12.1. The lowest BCUT2D eigenvalue weighted by Crippen LogP contribution is -2.18. The predicted octanol–water partition coefficient (Wildman–Crippen LogP) is 4.02. The molecule has 1 atom stereocenters. The van der Waals surface area contributed by atoms with Gasteiger partial charge in [-0.3, -0.25) is 9.36 Å². The van der Waals surface area contributed by atoms with E-state index in [0.29, 0.717) is 22.5 Å². The number of esters is 1. The van der Waals surface area contributed by atoms with Crippen LogP contribution in [0.25, 0.3) is 5.69 Å². The third-order valence-corrected chi connectivity index (χ3v) is 6.53. The van der Waals surface area contributed by atoms with Crippen molar-refractivity contribution in [3.05, 3.63) is 47.5 Å². The molecule has 0 radical (unpaired) electrons. The quantitative estimate of drug-likeness (QED) is 0.267. The van der Waals surface area contributed by atoms with E-state index in [4.69, 9.17) is 9.47 Å². The number of thioether (sulfide) groups is 2. The molecule has 0 unspecified atom stereocenters. The lowest BCUT2D eigenvalue weighted by Gasteiger charge is -2.14. The molecule has 0 saturated carbocycles. The molecule has 3 rings (SSSR count). The molecule has 3 aromatic rings. The Morgan fingerprint density at radius 3 is 2.35 bits per heavy atom. The Bertz CT molecular complexity index is 1020. The fourth-order valence-corrected chi connectivity index (χ4v) is 4.78. The van der Waals surface area contributed by atoms with Crippen LogP contribution in [0.2, 0.25) is 0 Å². The second kappa shape index (κ2) is 10.6. The van der Waals surface area contributed by atoms with Crippen molar-refractivity contribution in [3.63, 3.8) is 0 Å². The minimum absolute atomic E-state index is 0.281. The Balaban J connectivity index is 1.93. The highest BCUT2D eigenvalue weighted by Crippen LogP contribution is 2.30. The summed E-state index contributed by atoms with van der Waals surface area (Å²) < 4.78 is 12.2. The lowest BCUT2D eigenvalue weighted by atomic mass is 10.3. The topological polar surface area (TPSA) is 92.0 Å². The van der Waals surface area contributed by atoms with Crippen molar-refractivity contribution >= 4 is 29.5 Å². The number of aromatic nitrogens is 5. The lowest BCUT2D eigenvalue weighted by molar-refractivity contribution is -0.140. The molecule has 0 fully saturated rings. The molecule has 164 valence electrons. The second-order valence-corrected chi connectivity index (χ2v) is 8.80. The molecule has 0 amide bonds. The third kappa shape index (κ3) is 5.76. The average Bonchev–Trinajstić information content (AvgIpc) is 3.17. The van der Waals surface area contributed by atoms with Gasteiger partial charge in [-0.25, -0.2) is 9.97 Å². The van der Waals surface area contributed by atoms with Gasteiger partial charge in [0, 0.05) is 17.1 Å². The summed E-state index contributed by atoms with van der Waals surface area (Å²) in [6, 6.07) is 9.58. The van der Waals surface area contributed by atoms with Crippen molar-refractivity contribution in [1.29, 1.82) is 0 Å². The van der Waals surface area contributed by atoms with Gasteiger partial charge in [0.25, 0.3) is 0 Å². The first kappa shape index (κ1) is 23.1. The summed E-state index contributed by atoms with van der Waals surface area (Å²) in [5, 5.41) is 9.72. The first-order chi connectivity index (χ1) is 14.9. The Morgan fingerprint density at radius 1 is 1.10 bits per heavy atom. The number of benzene rings is 1. The number of aryl methyl sites for hydroxylation is 2. The van der Waals surface area contributed by atoms with Gasteiger partial charge in [0.05, 0.1) is 20.0 Å². The standard InChI is InChI=1S/C21H25N5O3S2/c1-6-17(19(27)29-5)31-21-25-24-18(12-30-20-22-13(2)11-14(3)23-20)26(21)15-7-9-16(28-4)10-8-15/h7-11,17H,6,12H2,1-5H3/t17-/m0/s1. The smallest absolute Gasteiger partial charge is 0.319 e. The number of nitrogens with zero attached hydrogens (tertiary/aromatic N) is 5. The molecule has 10 heteroatoms. The summed E-state index contributed by atoms with van der Waals surface area (Å²) in [6.45, 7) is 5.84. The Morgan fingerprint density at radius 2 is 1.77 bits per heavy atom. The molecule has 2 aromatic heterocycles. The number of ether oxygens (including phenoxy) is 2. The molecule has 0 spiro atoms. The van der Waals surface area contributed by atoms with Gasteiger partial charge in [-0.2, -0.15) is 0 Å². The minimum atomic E-state index is -0.366. The molecule has 2 heterocycles. The van der Waals surface area contributed by atoms with Gasteiger partial charge in [0.2, 0.25) is 0 Å². The van der Waals surface area contributed by atoms with E-state index in [9.17, 15) is 4.79 Å². The van der Waals surface area contributed by atoms with Crippen LogP contribution in [-0.2, 0) is 15.3 Å². The molecule has 0 bridgehead atoms. The highest BCUT2D eigenvalue weighted by molar-refractivity contribution is 8.00. The van der Waals surface area contributed by atoms with Gasteiger partial charge in [-0.15, -0.1) is 10.2 Å². The first-order valence-corrected chi connectivity index (χ1v) is 11.6. The van der Waals surface area contributed by atoms with E-state index in [1.165, 1.54) is 30.6 Å². The van der Waals surface area contributed by atoms with Crippen LogP contribution in [-0.4, -0.2) is 50.2 Å². The zero-order valence-corrected chi connectivity index (χ0v) is 19.8. The summed E-state index contributed by atoms with van der Waals surface area (Å²) in [6.07, 6.45) is 0.618. The molecule has 0 aliphatic carbocycles. The fourth-order valence-electron chi connectivity index (χ4n) is 2.90. The molecular weight excluding hydrogens is 434 g/mol. The summed E-state index contributed by atoms with van der Waals surface area (Å²) >= 11 is 2.84. The summed E-state index contributed by atoms with van der Waals surface area (Å²) in [4.78, 5) is 21.1. The zero-order valence-electron chi connectivity index (χ0n) is 18.2. The zero-order chi connectivity index (χ0) is 22.4. The number of methoxy groups -OCH3 is 2. The van der Waals surface area contributed by atoms with E-state index < -0.39 is 0 Å². The van der Waals surface area contributed by atoms with E-state index in [1.54, 1.807) is 7.11 Å². The van der Waals surface area contributed by atoms with Crippen LogP contribution in [0.3, 0.4) is 0 Å². The van der Waals surface area contributed by atoms with Gasteiger partial charge in [0.1, 0.15) is 16.8 Å². The molecular formula is C21H25N5O3S2. The van der Waals surface area contributed by atoms with Gasteiger partial charge in [-0.1, -0.05) is 30.4 Å². The highest BCUT2D eigenvalue weighted by atomic mass is 32.2. The summed E-state index contributed by atoms with van der Waals surface area (Å²) in [5.74, 6) is 1.74. The van der Waals surface area contributed by atoms with Gasteiger partial charge in [0.15, 0.2) is 10.3 Å².